The largest absolute Gasteiger partial charge is 0.462 e. The summed E-state index contributed by atoms with van der Waals surface area (Å²) in [6.07, 6.45) is -6.85. The Labute approximate surface area is 136 Å². The summed E-state index contributed by atoms with van der Waals surface area (Å²) in [5.74, 6) is 0.235. The number of hydrogen-bond acceptors (Lipinski definition) is 8. The molecule has 4 N–H and O–H groups in total. The summed E-state index contributed by atoms with van der Waals surface area (Å²) >= 11 is 0. The molecule has 0 radical (unpaired) electrons. The van der Waals surface area contributed by atoms with Crippen LogP contribution in [0.15, 0.2) is 33.5 Å². The zero-order chi connectivity index (χ0) is 17.4. The van der Waals surface area contributed by atoms with Gasteiger partial charge in [-0.1, -0.05) is 0 Å². The monoisotopic (exact) mass is 338 g/mol. The lowest BCUT2D eigenvalue weighted by Gasteiger charge is -2.39. The molecular weight excluding hydrogens is 320 g/mol. The van der Waals surface area contributed by atoms with Crippen molar-refractivity contribution in [2.75, 3.05) is 6.61 Å². The Kier molecular flexibility index (Phi) is 4.57. The first-order chi connectivity index (χ1) is 11.4. The van der Waals surface area contributed by atoms with Crippen LogP contribution in [0.1, 0.15) is 5.56 Å². The van der Waals surface area contributed by atoms with E-state index < -0.39 is 42.9 Å². The van der Waals surface area contributed by atoms with Crippen LogP contribution in [0, 0.1) is 6.92 Å². The van der Waals surface area contributed by atoms with E-state index in [4.69, 9.17) is 19.0 Å². The molecule has 5 atom stereocenters. The van der Waals surface area contributed by atoms with E-state index in [0.717, 1.165) is 0 Å². The fourth-order valence-corrected chi connectivity index (χ4v) is 2.57. The molecule has 1 aromatic heterocycles. The van der Waals surface area contributed by atoms with E-state index in [0.29, 0.717) is 16.5 Å². The van der Waals surface area contributed by atoms with Gasteiger partial charge in [-0.15, -0.1) is 0 Å². The molecule has 0 bridgehead atoms. The van der Waals surface area contributed by atoms with Gasteiger partial charge in [0.05, 0.1) is 6.61 Å². The molecule has 1 aliphatic heterocycles. The molecule has 24 heavy (non-hydrogen) atoms. The van der Waals surface area contributed by atoms with Crippen molar-refractivity contribution < 1.29 is 34.3 Å². The van der Waals surface area contributed by atoms with Crippen molar-refractivity contribution in [2.24, 2.45) is 0 Å². The van der Waals surface area contributed by atoms with E-state index in [1.54, 1.807) is 25.1 Å². The number of aliphatic hydroxyl groups excluding tert-OH is 4. The Balaban J connectivity index is 1.86. The smallest absolute Gasteiger partial charge is 0.339 e. The van der Waals surface area contributed by atoms with Crippen LogP contribution < -0.4 is 10.4 Å². The number of aryl methyl sites for hydroxylation is 1. The lowest BCUT2D eigenvalue weighted by Crippen LogP contribution is -2.60. The summed E-state index contributed by atoms with van der Waals surface area (Å²) in [6.45, 7) is 1.10. The van der Waals surface area contributed by atoms with Gasteiger partial charge in [-0.2, -0.15) is 0 Å². The van der Waals surface area contributed by atoms with Crippen molar-refractivity contribution >= 4 is 11.0 Å². The van der Waals surface area contributed by atoms with E-state index in [1.807, 2.05) is 0 Å². The standard InChI is InChI=1S/C16H18O8/c1-7-4-8-2-3-9(5-10(8)23-15(7)21)22-16-14(20)13(19)12(18)11(6-17)24-16/h2-5,11-14,16-20H,6H2,1H3/t11-,12-,13+,14-,16+/m1/s1. The molecule has 3 rings (SSSR count). The molecule has 1 aliphatic rings. The maximum absolute atomic E-state index is 11.6. The van der Waals surface area contributed by atoms with Gasteiger partial charge < -0.3 is 34.3 Å². The van der Waals surface area contributed by atoms with Gasteiger partial charge in [0.25, 0.3) is 0 Å². The van der Waals surface area contributed by atoms with Gasteiger partial charge in [-0.05, 0) is 25.1 Å². The van der Waals surface area contributed by atoms with E-state index in [-0.39, 0.29) is 5.75 Å². The summed E-state index contributed by atoms with van der Waals surface area (Å²) in [5, 5.41) is 39.3. The normalized spacial score (nSPS) is 30.5. The van der Waals surface area contributed by atoms with E-state index in [9.17, 15) is 20.1 Å². The SMILES string of the molecule is Cc1cc2ccc(O[C@H]3O[C@H](CO)[C@@H](O)[C@H](O)[C@H]3O)cc2oc1=O. The average molecular weight is 338 g/mol. The molecular formula is C16H18O8. The summed E-state index contributed by atoms with van der Waals surface area (Å²) < 4.78 is 15.9. The minimum absolute atomic E-state index is 0.235. The Morgan fingerprint density at radius 3 is 2.58 bits per heavy atom. The van der Waals surface area contributed by atoms with Crippen molar-refractivity contribution in [1.29, 1.82) is 0 Å². The van der Waals surface area contributed by atoms with Crippen molar-refractivity contribution in [3.8, 4) is 5.75 Å². The number of aliphatic hydroxyl groups is 4. The minimum atomic E-state index is -1.53. The van der Waals surface area contributed by atoms with Gasteiger partial charge in [0, 0.05) is 17.0 Å². The van der Waals surface area contributed by atoms with Gasteiger partial charge in [-0.25, -0.2) is 4.79 Å². The number of ether oxygens (including phenoxy) is 2. The molecule has 8 nitrogen and oxygen atoms in total. The second-order valence-corrected chi connectivity index (χ2v) is 5.73. The molecule has 1 fully saturated rings. The first-order valence-corrected chi connectivity index (χ1v) is 7.42. The third-order valence-corrected chi connectivity index (χ3v) is 3.98. The Morgan fingerprint density at radius 2 is 1.88 bits per heavy atom. The third-order valence-electron chi connectivity index (χ3n) is 3.98. The summed E-state index contributed by atoms with van der Waals surface area (Å²) in [6, 6.07) is 6.39. The second-order valence-electron chi connectivity index (χ2n) is 5.73. The van der Waals surface area contributed by atoms with Gasteiger partial charge >= 0.3 is 5.63 Å². The minimum Gasteiger partial charge on any atom is -0.462 e. The van der Waals surface area contributed by atoms with E-state index in [2.05, 4.69) is 0 Å². The van der Waals surface area contributed by atoms with E-state index in [1.165, 1.54) is 6.07 Å². The lowest BCUT2D eigenvalue weighted by molar-refractivity contribution is -0.277. The molecule has 2 heterocycles. The summed E-state index contributed by atoms with van der Waals surface area (Å²) in [4.78, 5) is 11.6. The molecule has 1 saturated heterocycles. The maximum Gasteiger partial charge on any atom is 0.339 e. The molecule has 0 amide bonds. The molecule has 0 saturated carbocycles. The van der Waals surface area contributed by atoms with Gasteiger partial charge in [0.2, 0.25) is 6.29 Å². The average Bonchev–Trinajstić information content (AvgIpc) is 2.56. The zero-order valence-electron chi connectivity index (χ0n) is 12.8. The molecule has 0 unspecified atom stereocenters. The van der Waals surface area contributed by atoms with Crippen LogP contribution in [0.5, 0.6) is 5.75 Å². The first-order valence-electron chi connectivity index (χ1n) is 7.42. The van der Waals surface area contributed by atoms with Crippen molar-refractivity contribution in [2.45, 2.75) is 37.6 Å². The Bertz CT molecular complexity index is 783. The molecule has 2 aromatic rings. The highest BCUT2D eigenvalue weighted by molar-refractivity contribution is 5.78. The predicted molar refractivity (Wildman–Crippen MR) is 81.6 cm³/mol. The van der Waals surface area contributed by atoms with Crippen LogP contribution in [0.25, 0.3) is 11.0 Å². The quantitative estimate of drug-likeness (QED) is 0.540. The van der Waals surface area contributed by atoms with Crippen LogP contribution in [-0.2, 0) is 4.74 Å². The number of rotatable bonds is 3. The highest BCUT2D eigenvalue weighted by Gasteiger charge is 2.44. The van der Waals surface area contributed by atoms with Crippen LogP contribution >= 0.6 is 0 Å². The molecule has 0 spiro atoms. The zero-order valence-corrected chi connectivity index (χ0v) is 12.8. The van der Waals surface area contributed by atoms with Gasteiger partial charge in [-0.3, -0.25) is 0 Å². The number of hydrogen-bond donors (Lipinski definition) is 4. The fraction of sp³-hybridized carbons (Fsp3) is 0.438. The Morgan fingerprint density at radius 1 is 1.12 bits per heavy atom. The first kappa shape index (κ1) is 16.9. The summed E-state index contributed by atoms with van der Waals surface area (Å²) in [5.41, 5.74) is 0.310. The van der Waals surface area contributed by atoms with Gasteiger partial charge in [0.1, 0.15) is 35.7 Å². The highest BCUT2D eigenvalue weighted by atomic mass is 16.7. The molecule has 1 aromatic carbocycles. The fourth-order valence-electron chi connectivity index (χ4n) is 2.57. The summed E-state index contributed by atoms with van der Waals surface area (Å²) in [7, 11) is 0. The highest BCUT2D eigenvalue weighted by Crippen LogP contribution is 2.26. The topological polar surface area (TPSA) is 130 Å². The van der Waals surface area contributed by atoms with E-state index >= 15 is 0 Å². The lowest BCUT2D eigenvalue weighted by atomic mass is 9.99. The van der Waals surface area contributed by atoms with Crippen LogP contribution in [0.2, 0.25) is 0 Å². The molecule has 130 valence electrons. The van der Waals surface area contributed by atoms with Crippen molar-refractivity contribution in [1.82, 2.24) is 0 Å². The predicted octanol–water partition coefficient (Wildman–Crippen LogP) is -0.720. The van der Waals surface area contributed by atoms with Crippen LogP contribution in [0.4, 0.5) is 0 Å². The molecule has 0 aliphatic carbocycles. The second kappa shape index (κ2) is 6.50. The van der Waals surface area contributed by atoms with Crippen LogP contribution in [0.3, 0.4) is 0 Å². The number of benzene rings is 1. The maximum atomic E-state index is 11.6. The van der Waals surface area contributed by atoms with Crippen molar-refractivity contribution in [3.63, 3.8) is 0 Å². The molecule has 8 heteroatoms. The third kappa shape index (κ3) is 3.02. The van der Waals surface area contributed by atoms with Crippen LogP contribution in [-0.4, -0.2) is 57.7 Å². The Hall–Kier alpha value is -1.97. The van der Waals surface area contributed by atoms with Crippen molar-refractivity contribution in [3.05, 3.63) is 40.2 Å². The van der Waals surface area contributed by atoms with Gasteiger partial charge in [0.15, 0.2) is 0 Å². The number of fused-ring (bicyclic) bond motifs is 1.